The second kappa shape index (κ2) is 5.78. The summed E-state index contributed by atoms with van der Waals surface area (Å²) in [6, 6.07) is 10.0. The van der Waals surface area contributed by atoms with Crippen LogP contribution in [0.15, 0.2) is 41.3 Å². The lowest BCUT2D eigenvalue weighted by atomic mass is 10.1. The van der Waals surface area contributed by atoms with Crippen LogP contribution in [0.4, 0.5) is 5.69 Å². The average molecular weight is 294 g/mol. The molecule has 0 spiro atoms. The second-order valence-corrected chi connectivity index (χ2v) is 6.36. The van der Waals surface area contributed by atoms with Crippen LogP contribution in [0.1, 0.15) is 6.92 Å². The molecular formula is C14H18N2O3S. The third kappa shape index (κ3) is 2.92. The molecule has 1 atom stereocenters. The van der Waals surface area contributed by atoms with Crippen LogP contribution in [-0.2, 0) is 14.8 Å². The molecule has 20 heavy (non-hydrogen) atoms. The molecule has 108 valence electrons. The van der Waals surface area contributed by atoms with Crippen LogP contribution in [0, 0.1) is 0 Å². The molecule has 0 saturated carbocycles. The van der Waals surface area contributed by atoms with E-state index in [1.807, 2.05) is 12.1 Å². The highest BCUT2D eigenvalue weighted by Crippen LogP contribution is 2.27. The van der Waals surface area contributed by atoms with Crippen molar-refractivity contribution >= 4 is 26.5 Å². The van der Waals surface area contributed by atoms with Gasteiger partial charge in [-0.15, -0.1) is 0 Å². The first-order valence-corrected chi connectivity index (χ1v) is 7.72. The predicted octanol–water partition coefficient (Wildman–Crippen LogP) is 1.74. The van der Waals surface area contributed by atoms with Gasteiger partial charge in [-0.05, 0) is 19.1 Å². The summed E-state index contributed by atoms with van der Waals surface area (Å²) in [4.78, 5) is 0.227. The fourth-order valence-corrected chi connectivity index (χ4v) is 3.58. The maximum absolute atomic E-state index is 12.4. The number of methoxy groups -OCH3 is 1. The molecule has 0 aliphatic carbocycles. The first-order chi connectivity index (χ1) is 9.45. The molecule has 0 heterocycles. The number of hydrogen-bond donors (Lipinski definition) is 2. The van der Waals surface area contributed by atoms with Crippen molar-refractivity contribution in [3.8, 4) is 0 Å². The highest BCUT2D eigenvalue weighted by Gasteiger charge is 2.20. The average Bonchev–Trinajstić information content (AvgIpc) is 2.38. The monoisotopic (exact) mass is 294 g/mol. The van der Waals surface area contributed by atoms with Gasteiger partial charge in [-0.25, -0.2) is 13.1 Å². The van der Waals surface area contributed by atoms with Crippen molar-refractivity contribution in [2.45, 2.75) is 17.9 Å². The van der Waals surface area contributed by atoms with E-state index in [9.17, 15) is 8.42 Å². The molecule has 0 aliphatic rings. The Morgan fingerprint density at radius 3 is 2.50 bits per heavy atom. The van der Waals surface area contributed by atoms with Crippen LogP contribution >= 0.6 is 0 Å². The molecule has 0 bridgehead atoms. The van der Waals surface area contributed by atoms with E-state index >= 15 is 0 Å². The molecule has 0 aromatic heterocycles. The van der Waals surface area contributed by atoms with E-state index in [1.165, 1.54) is 13.2 Å². The Labute approximate surface area is 118 Å². The summed E-state index contributed by atoms with van der Waals surface area (Å²) in [5.74, 6) is 0. The van der Waals surface area contributed by atoms with Crippen LogP contribution < -0.4 is 10.5 Å². The number of anilines is 1. The van der Waals surface area contributed by atoms with Crippen LogP contribution in [0.25, 0.3) is 10.8 Å². The molecule has 0 fully saturated rings. The summed E-state index contributed by atoms with van der Waals surface area (Å²) < 4.78 is 32.4. The number of sulfonamides is 1. The van der Waals surface area contributed by atoms with Crippen LogP contribution in [0.3, 0.4) is 0 Å². The minimum absolute atomic E-state index is 0.227. The first kappa shape index (κ1) is 14.8. The number of fused-ring (bicyclic) bond motifs is 1. The molecule has 0 amide bonds. The lowest BCUT2D eigenvalue weighted by Crippen LogP contribution is -2.35. The number of nitrogen functional groups attached to an aromatic ring is 1. The smallest absolute Gasteiger partial charge is 0.241 e. The molecule has 0 saturated heterocycles. The van der Waals surface area contributed by atoms with Crippen molar-refractivity contribution in [2.24, 2.45) is 0 Å². The second-order valence-electron chi connectivity index (χ2n) is 4.68. The zero-order valence-electron chi connectivity index (χ0n) is 11.5. The Balaban J connectivity index is 2.50. The number of nitrogens with one attached hydrogen (secondary N) is 1. The van der Waals surface area contributed by atoms with Crippen LogP contribution in [0.2, 0.25) is 0 Å². The summed E-state index contributed by atoms with van der Waals surface area (Å²) in [6.07, 6.45) is 0. The Morgan fingerprint density at radius 2 is 1.85 bits per heavy atom. The summed E-state index contributed by atoms with van der Waals surface area (Å²) in [5, 5.41) is 1.35. The van der Waals surface area contributed by atoms with Gasteiger partial charge in [-0.1, -0.05) is 24.3 Å². The minimum Gasteiger partial charge on any atom is -0.398 e. The number of rotatable bonds is 5. The number of nitrogens with two attached hydrogens (primary N) is 1. The van der Waals surface area contributed by atoms with Crippen molar-refractivity contribution in [3.63, 3.8) is 0 Å². The lowest BCUT2D eigenvalue weighted by Gasteiger charge is -2.15. The van der Waals surface area contributed by atoms with E-state index in [4.69, 9.17) is 10.5 Å². The first-order valence-electron chi connectivity index (χ1n) is 6.24. The van der Waals surface area contributed by atoms with Gasteiger partial charge in [0.25, 0.3) is 0 Å². The standard InChI is InChI=1S/C14H18N2O3S/c1-10(9-19-2)16-20(17,18)14-8-7-13(15)11-5-3-4-6-12(11)14/h3-8,10,16H,9,15H2,1-2H3. The van der Waals surface area contributed by atoms with E-state index in [0.29, 0.717) is 17.7 Å². The summed E-state index contributed by atoms with van der Waals surface area (Å²) >= 11 is 0. The molecule has 0 radical (unpaired) electrons. The van der Waals surface area contributed by atoms with Gasteiger partial charge in [-0.3, -0.25) is 0 Å². The lowest BCUT2D eigenvalue weighted by molar-refractivity contribution is 0.180. The van der Waals surface area contributed by atoms with Gasteiger partial charge < -0.3 is 10.5 Å². The summed E-state index contributed by atoms with van der Waals surface area (Å²) in [5.41, 5.74) is 6.44. The molecule has 5 nitrogen and oxygen atoms in total. The zero-order valence-corrected chi connectivity index (χ0v) is 12.3. The highest BCUT2D eigenvalue weighted by molar-refractivity contribution is 7.89. The number of hydrogen-bond acceptors (Lipinski definition) is 4. The Kier molecular flexibility index (Phi) is 4.27. The molecule has 6 heteroatoms. The van der Waals surface area contributed by atoms with Gasteiger partial charge in [0.2, 0.25) is 10.0 Å². The molecule has 1 unspecified atom stereocenters. The maximum Gasteiger partial charge on any atom is 0.241 e. The minimum atomic E-state index is -3.61. The van der Waals surface area contributed by atoms with Crippen molar-refractivity contribution in [3.05, 3.63) is 36.4 Å². The van der Waals surface area contributed by atoms with E-state index in [-0.39, 0.29) is 10.9 Å². The normalized spacial score (nSPS) is 13.5. The van der Waals surface area contributed by atoms with Crippen LogP contribution in [0.5, 0.6) is 0 Å². The molecule has 2 aromatic rings. The fourth-order valence-electron chi connectivity index (χ4n) is 2.14. The van der Waals surface area contributed by atoms with Gasteiger partial charge in [0.05, 0.1) is 11.5 Å². The van der Waals surface area contributed by atoms with Crippen molar-refractivity contribution < 1.29 is 13.2 Å². The SMILES string of the molecule is COCC(C)NS(=O)(=O)c1ccc(N)c2ccccc12. The molecular weight excluding hydrogens is 276 g/mol. The van der Waals surface area contributed by atoms with Gasteiger partial charge in [-0.2, -0.15) is 0 Å². The van der Waals surface area contributed by atoms with Gasteiger partial charge >= 0.3 is 0 Å². The largest absolute Gasteiger partial charge is 0.398 e. The third-order valence-corrected chi connectivity index (χ3v) is 4.63. The van der Waals surface area contributed by atoms with Crippen molar-refractivity contribution in [1.82, 2.24) is 4.72 Å². The maximum atomic E-state index is 12.4. The van der Waals surface area contributed by atoms with E-state index < -0.39 is 10.0 Å². The zero-order chi connectivity index (χ0) is 14.8. The van der Waals surface area contributed by atoms with Gasteiger partial charge in [0, 0.05) is 29.6 Å². The van der Waals surface area contributed by atoms with Gasteiger partial charge in [0.1, 0.15) is 0 Å². The summed E-state index contributed by atoms with van der Waals surface area (Å²) in [6.45, 7) is 2.06. The fraction of sp³-hybridized carbons (Fsp3) is 0.286. The number of ether oxygens (including phenoxy) is 1. The predicted molar refractivity (Wildman–Crippen MR) is 80.0 cm³/mol. The van der Waals surface area contributed by atoms with E-state index in [2.05, 4.69) is 4.72 Å². The van der Waals surface area contributed by atoms with E-state index in [0.717, 1.165) is 5.39 Å². The molecule has 0 aliphatic heterocycles. The molecule has 2 rings (SSSR count). The number of benzene rings is 2. The third-order valence-electron chi connectivity index (χ3n) is 2.98. The quantitative estimate of drug-likeness (QED) is 0.823. The molecule has 3 N–H and O–H groups in total. The Morgan fingerprint density at radius 1 is 1.20 bits per heavy atom. The Bertz CT molecular complexity index is 713. The van der Waals surface area contributed by atoms with Crippen molar-refractivity contribution in [2.75, 3.05) is 19.5 Å². The summed E-state index contributed by atoms with van der Waals surface area (Å²) in [7, 11) is -2.08. The van der Waals surface area contributed by atoms with Crippen molar-refractivity contribution in [1.29, 1.82) is 0 Å². The molecule has 2 aromatic carbocycles. The van der Waals surface area contributed by atoms with Crippen LogP contribution in [-0.4, -0.2) is 28.2 Å². The Hall–Kier alpha value is -1.63. The topological polar surface area (TPSA) is 81.4 Å². The van der Waals surface area contributed by atoms with E-state index in [1.54, 1.807) is 25.1 Å². The highest BCUT2D eigenvalue weighted by atomic mass is 32.2. The van der Waals surface area contributed by atoms with Gasteiger partial charge in [0.15, 0.2) is 0 Å².